The molecule has 0 saturated heterocycles. The summed E-state index contributed by atoms with van der Waals surface area (Å²) in [6.45, 7) is 2.47. The van der Waals surface area contributed by atoms with Crippen molar-refractivity contribution in [2.45, 2.75) is 37.5 Å². The molecule has 0 aliphatic carbocycles. The average Bonchev–Trinajstić information content (AvgIpc) is 2.38. The van der Waals surface area contributed by atoms with Gasteiger partial charge in [0.2, 0.25) is 10.0 Å². The Hall–Kier alpha value is -1.47. The minimum absolute atomic E-state index is 0.0496. The van der Waals surface area contributed by atoms with Crippen molar-refractivity contribution < 1.29 is 13.3 Å². The van der Waals surface area contributed by atoms with E-state index in [1.165, 1.54) is 24.3 Å². The number of rotatable bonds is 8. The van der Waals surface area contributed by atoms with Gasteiger partial charge in [0.15, 0.2) is 0 Å². The van der Waals surface area contributed by atoms with Gasteiger partial charge in [-0.1, -0.05) is 26.2 Å². The molecular weight excluding hydrogens is 268 g/mol. The number of nitrogens with zero attached hydrogens (tertiary/aromatic N) is 1. The molecule has 1 aromatic carbocycles. The molecule has 0 unspecified atom stereocenters. The maximum Gasteiger partial charge on any atom is 0.269 e. The fourth-order valence-corrected chi connectivity index (χ4v) is 2.66. The predicted octanol–water partition coefficient (Wildman–Crippen LogP) is 2.45. The third-order valence-electron chi connectivity index (χ3n) is 2.68. The van der Waals surface area contributed by atoms with Crippen molar-refractivity contribution in [2.75, 3.05) is 6.54 Å². The zero-order valence-electron chi connectivity index (χ0n) is 10.8. The molecule has 1 aromatic rings. The SMILES string of the molecule is CCCCCCNS(=O)(=O)c1ccc([N+](=O)[O-])cc1. The summed E-state index contributed by atoms with van der Waals surface area (Å²) in [6, 6.07) is 4.86. The van der Waals surface area contributed by atoms with Crippen molar-refractivity contribution in [3.63, 3.8) is 0 Å². The fourth-order valence-electron chi connectivity index (χ4n) is 1.59. The normalized spacial score (nSPS) is 11.4. The molecule has 0 aliphatic rings. The van der Waals surface area contributed by atoms with Crippen LogP contribution >= 0.6 is 0 Å². The molecule has 7 heteroatoms. The largest absolute Gasteiger partial charge is 0.269 e. The van der Waals surface area contributed by atoms with Crippen molar-refractivity contribution in [3.8, 4) is 0 Å². The zero-order chi connectivity index (χ0) is 14.3. The van der Waals surface area contributed by atoms with E-state index in [2.05, 4.69) is 11.6 Å². The number of hydrogen-bond acceptors (Lipinski definition) is 4. The average molecular weight is 286 g/mol. The van der Waals surface area contributed by atoms with Crippen molar-refractivity contribution in [3.05, 3.63) is 34.4 Å². The highest BCUT2D eigenvalue weighted by molar-refractivity contribution is 7.89. The first kappa shape index (κ1) is 15.6. The van der Waals surface area contributed by atoms with E-state index < -0.39 is 14.9 Å². The van der Waals surface area contributed by atoms with Crippen molar-refractivity contribution in [1.29, 1.82) is 0 Å². The van der Waals surface area contributed by atoms with Crippen molar-refractivity contribution >= 4 is 15.7 Å². The Bertz CT molecular complexity index is 511. The molecule has 1 rings (SSSR count). The van der Waals surface area contributed by atoms with E-state index in [0.717, 1.165) is 25.7 Å². The van der Waals surface area contributed by atoms with Gasteiger partial charge < -0.3 is 0 Å². The van der Waals surface area contributed by atoms with Crippen LogP contribution in [-0.2, 0) is 10.0 Å². The van der Waals surface area contributed by atoms with Crippen LogP contribution in [0.15, 0.2) is 29.2 Å². The van der Waals surface area contributed by atoms with Gasteiger partial charge in [0.05, 0.1) is 9.82 Å². The molecule has 0 atom stereocenters. The van der Waals surface area contributed by atoms with Gasteiger partial charge in [0, 0.05) is 18.7 Å². The number of hydrogen-bond donors (Lipinski definition) is 1. The summed E-state index contributed by atoms with van der Waals surface area (Å²) in [6.07, 6.45) is 3.95. The topological polar surface area (TPSA) is 89.3 Å². The van der Waals surface area contributed by atoms with E-state index in [1.54, 1.807) is 0 Å². The van der Waals surface area contributed by atoms with Crippen LogP contribution in [0.4, 0.5) is 5.69 Å². The van der Waals surface area contributed by atoms with Crippen LogP contribution in [0, 0.1) is 10.1 Å². The number of non-ortho nitro benzene ring substituents is 1. The van der Waals surface area contributed by atoms with E-state index in [-0.39, 0.29) is 10.6 Å². The molecule has 6 nitrogen and oxygen atoms in total. The van der Waals surface area contributed by atoms with Crippen LogP contribution < -0.4 is 4.72 Å². The lowest BCUT2D eigenvalue weighted by Crippen LogP contribution is -2.24. The second kappa shape index (κ2) is 7.20. The fraction of sp³-hybridized carbons (Fsp3) is 0.500. The third kappa shape index (κ3) is 4.96. The quantitative estimate of drug-likeness (QED) is 0.451. The highest BCUT2D eigenvalue weighted by atomic mass is 32.2. The summed E-state index contributed by atoms with van der Waals surface area (Å²) in [5.74, 6) is 0. The van der Waals surface area contributed by atoms with Gasteiger partial charge >= 0.3 is 0 Å². The Kier molecular flexibility index (Phi) is 5.91. The molecule has 19 heavy (non-hydrogen) atoms. The first-order valence-electron chi connectivity index (χ1n) is 6.21. The van der Waals surface area contributed by atoms with Gasteiger partial charge in [-0.2, -0.15) is 0 Å². The van der Waals surface area contributed by atoms with E-state index in [4.69, 9.17) is 0 Å². The molecule has 1 N–H and O–H groups in total. The molecular formula is C12H18N2O4S. The monoisotopic (exact) mass is 286 g/mol. The Labute approximate surface area is 113 Å². The second-order valence-electron chi connectivity index (χ2n) is 4.21. The lowest BCUT2D eigenvalue weighted by Gasteiger charge is -2.06. The van der Waals surface area contributed by atoms with E-state index in [1.807, 2.05) is 0 Å². The highest BCUT2D eigenvalue weighted by Crippen LogP contribution is 2.15. The van der Waals surface area contributed by atoms with E-state index in [0.29, 0.717) is 6.54 Å². The summed E-state index contributed by atoms with van der Waals surface area (Å²) in [7, 11) is -3.56. The number of unbranched alkanes of at least 4 members (excludes halogenated alkanes) is 3. The minimum Gasteiger partial charge on any atom is -0.258 e. The first-order chi connectivity index (χ1) is 8.97. The van der Waals surface area contributed by atoms with Crippen LogP contribution in [-0.4, -0.2) is 19.9 Å². The number of sulfonamides is 1. The third-order valence-corrected chi connectivity index (χ3v) is 4.16. The molecule has 0 radical (unpaired) electrons. The van der Waals surface area contributed by atoms with Gasteiger partial charge in [0.25, 0.3) is 5.69 Å². The minimum atomic E-state index is -3.56. The summed E-state index contributed by atoms with van der Waals surface area (Å²) in [5.41, 5.74) is -0.123. The predicted molar refractivity (Wildman–Crippen MR) is 72.4 cm³/mol. The molecule has 0 saturated carbocycles. The van der Waals surface area contributed by atoms with Gasteiger partial charge in [-0.15, -0.1) is 0 Å². The summed E-state index contributed by atoms with van der Waals surface area (Å²) >= 11 is 0. The highest BCUT2D eigenvalue weighted by Gasteiger charge is 2.14. The van der Waals surface area contributed by atoms with Crippen LogP contribution in [0.1, 0.15) is 32.6 Å². The van der Waals surface area contributed by atoms with Crippen LogP contribution in [0.5, 0.6) is 0 Å². The van der Waals surface area contributed by atoms with Crippen LogP contribution in [0.2, 0.25) is 0 Å². The Balaban J connectivity index is 2.59. The summed E-state index contributed by atoms with van der Waals surface area (Å²) in [5, 5.41) is 10.5. The van der Waals surface area contributed by atoms with Gasteiger partial charge in [-0.3, -0.25) is 10.1 Å². The maximum absolute atomic E-state index is 11.9. The van der Waals surface area contributed by atoms with E-state index in [9.17, 15) is 18.5 Å². The lowest BCUT2D eigenvalue weighted by molar-refractivity contribution is -0.384. The Morgan fingerprint density at radius 3 is 2.32 bits per heavy atom. The Morgan fingerprint density at radius 1 is 1.16 bits per heavy atom. The molecule has 0 heterocycles. The Morgan fingerprint density at radius 2 is 1.79 bits per heavy atom. The first-order valence-corrected chi connectivity index (χ1v) is 7.70. The molecule has 106 valence electrons. The smallest absolute Gasteiger partial charge is 0.258 e. The second-order valence-corrected chi connectivity index (χ2v) is 5.98. The molecule has 0 fully saturated rings. The van der Waals surface area contributed by atoms with E-state index >= 15 is 0 Å². The van der Waals surface area contributed by atoms with Gasteiger partial charge in [0.1, 0.15) is 0 Å². The number of benzene rings is 1. The van der Waals surface area contributed by atoms with Crippen molar-refractivity contribution in [2.24, 2.45) is 0 Å². The molecule has 0 aliphatic heterocycles. The number of nitrogens with one attached hydrogen (secondary N) is 1. The molecule has 0 spiro atoms. The van der Waals surface area contributed by atoms with Crippen LogP contribution in [0.3, 0.4) is 0 Å². The molecule has 0 bridgehead atoms. The zero-order valence-corrected chi connectivity index (χ0v) is 11.6. The maximum atomic E-state index is 11.9. The molecule has 0 aromatic heterocycles. The van der Waals surface area contributed by atoms with Gasteiger partial charge in [-0.05, 0) is 18.6 Å². The number of nitro benzene ring substituents is 1. The molecule has 0 amide bonds. The summed E-state index contributed by atoms with van der Waals surface area (Å²) < 4.78 is 26.2. The summed E-state index contributed by atoms with van der Waals surface area (Å²) in [4.78, 5) is 9.96. The van der Waals surface area contributed by atoms with Gasteiger partial charge in [-0.25, -0.2) is 13.1 Å². The van der Waals surface area contributed by atoms with Crippen molar-refractivity contribution in [1.82, 2.24) is 4.72 Å². The number of nitro groups is 1. The lowest BCUT2D eigenvalue weighted by atomic mass is 10.2. The van der Waals surface area contributed by atoms with Crippen LogP contribution in [0.25, 0.3) is 0 Å². The standard InChI is InChI=1S/C12H18N2O4S/c1-2-3-4-5-10-13-19(17,18)12-8-6-11(7-9-12)14(15)16/h6-9,13H,2-5,10H2,1H3.